The Hall–Kier alpha value is -2.73. The number of fused-ring (bicyclic) bond motifs is 1. The van der Waals surface area contributed by atoms with Crippen molar-refractivity contribution in [3.8, 4) is 0 Å². The van der Waals surface area contributed by atoms with Gasteiger partial charge in [0.25, 0.3) is 11.8 Å². The van der Waals surface area contributed by atoms with Crippen LogP contribution in [0.2, 0.25) is 0 Å². The van der Waals surface area contributed by atoms with Crippen LogP contribution in [-0.2, 0) is 6.42 Å². The zero-order valence-electron chi connectivity index (χ0n) is 15.4. The topological polar surface area (TPSA) is 74.3 Å². The Morgan fingerprint density at radius 2 is 2.00 bits per heavy atom. The van der Waals surface area contributed by atoms with Crippen molar-refractivity contribution in [1.82, 2.24) is 20.5 Å². The summed E-state index contributed by atoms with van der Waals surface area (Å²) in [7, 11) is 3.35. The molecule has 1 aromatic heterocycles. The largest absolute Gasteiger partial charge is 0.350 e. The number of benzene rings is 1. The molecule has 2 heterocycles. The highest BCUT2D eigenvalue weighted by atomic mass is 16.2. The highest BCUT2D eigenvalue weighted by molar-refractivity contribution is 5.97. The summed E-state index contributed by atoms with van der Waals surface area (Å²) < 4.78 is 0. The van der Waals surface area contributed by atoms with Crippen LogP contribution in [-0.4, -0.2) is 48.9 Å². The quantitative estimate of drug-likeness (QED) is 0.878. The molecule has 1 aliphatic rings. The lowest BCUT2D eigenvalue weighted by molar-refractivity contribution is 0.0820. The lowest BCUT2D eigenvalue weighted by Gasteiger charge is -2.27. The van der Waals surface area contributed by atoms with Gasteiger partial charge in [-0.1, -0.05) is 24.3 Å². The molecule has 0 spiro atoms. The van der Waals surface area contributed by atoms with E-state index in [-0.39, 0.29) is 17.9 Å². The van der Waals surface area contributed by atoms with E-state index in [1.54, 1.807) is 33.2 Å². The number of aromatic nitrogens is 1. The van der Waals surface area contributed by atoms with Gasteiger partial charge < -0.3 is 15.5 Å². The molecular formula is C20H24N4O2. The number of hydrogen-bond acceptors (Lipinski definition) is 4. The predicted octanol–water partition coefficient (Wildman–Crippen LogP) is 1.71. The standard InChI is InChI=1S/C20H24N4O2/c1-13-15(8-9-17(23-13)20(26)24(2)3)19(25)22-12-18-16-7-5-4-6-14(16)10-11-21-18/h4-9,18,21H,10-12H2,1-3H3,(H,22,25). The third-order valence-electron chi connectivity index (χ3n) is 4.64. The zero-order valence-corrected chi connectivity index (χ0v) is 15.4. The molecule has 0 bridgehead atoms. The fourth-order valence-corrected chi connectivity index (χ4v) is 3.21. The van der Waals surface area contributed by atoms with Crippen molar-refractivity contribution in [2.75, 3.05) is 27.2 Å². The molecule has 0 saturated carbocycles. The third kappa shape index (κ3) is 3.75. The Labute approximate surface area is 153 Å². The maximum absolute atomic E-state index is 12.6. The molecule has 2 N–H and O–H groups in total. The molecule has 3 rings (SSSR count). The van der Waals surface area contributed by atoms with Crippen molar-refractivity contribution in [1.29, 1.82) is 0 Å². The van der Waals surface area contributed by atoms with Crippen LogP contribution in [0.25, 0.3) is 0 Å². The molecule has 0 saturated heterocycles. The van der Waals surface area contributed by atoms with Gasteiger partial charge in [-0.3, -0.25) is 9.59 Å². The molecular weight excluding hydrogens is 328 g/mol. The molecule has 0 radical (unpaired) electrons. The molecule has 26 heavy (non-hydrogen) atoms. The summed E-state index contributed by atoms with van der Waals surface area (Å²) in [6, 6.07) is 11.7. The van der Waals surface area contributed by atoms with E-state index in [0.717, 1.165) is 13.0 Å². The summed E-state index contributed by atoms with van der Waals surface area (Å²) in [5.74, 6) is -0.355. The van der Waals surface area contributed by atoms with Gasteiger partial charge in [0.2, 0.25) is 0 Å². The Balaban J connectivity index is 1.69. The van der Waals surface area contributed by atoms with Gasteiger partial charge in [0, 0.05) is 26.7 Å². The lowest BCUT2D eigenvalue weighted by Crippen LogP contribution is -2.39. The van der Waals surface area contributed by atoms with Crippen molar-refractivity contribution in [2.24, 2.45) is 0 Å². The van der Waals surface area contributed by atoms with E-state index < -0.39 is 0 Å². The molecule has 136 valence electrons. The maximum Gasteiger partial charge on any atom is 0.271 e. The Morgan fingerprint density at radius 3 is 2.73 bits per heavy atom. The minimum absolute atomic E-state index is 0.103. The summed E-state index contributed by atoms with van der Waals surface area (Å²) >= 11 is 0. The summed E-state index contributed by atoms with van der Waals surface area (Å²) in [6.45, 7) is 3.16. The first-order valence-corrected chi connectivity index (χ1v) is 8.76. The lowest BCUT2D eigenvalue weighted by atomic mass is 9.94. The molecule has 1 aliphatic heterocycles. The second-order valence-electron chi connectivity index (χ2n) is 6.69. The first-order chi connectivity index (χ1) is 12.5. The second-order valence-corrected chi connectivity index (χ2v) is 6.69. The molecule has 1 unspecified atom stereocenters. The first kappa shape index (κ1) is 18.1. The monoisotopic (exact) mass is 352 g/mol. The van der Waals surface area contributed by atoms with Crippen LogP contribution in [0.1, 0.15) is 43.7 Å². The number of amides is 2. The average molecular weight is 352 g/mol. The maximum atomic E-state index is 12.6. The van der Waals surface area contributed by atoms with Crippen LogP contribution in [0.4, 0.5) is 0 Å². The summed E-state index contributed by atoms with van der Waals surface area (Å²) in [4.78, 5) is 30.3. The molecule has 1 aromatic carbocycles. The van der Waals surface area contributed by atoms with Crippen LogP contribution in [0.5, 0.6) is 0 Å². The van der Waals surface area contributed by atoms with E-state index in [2.05, 4.69) is 27.8 Å². The Kier molecular flexibility index (Phi) is 5.32. The predicted molar refractivity (Wildman–Crippen MR) is 100 cm³/mol. The number of hydrogen-bond donors (Lipinski definition) is 2. The number of nitrogens with zero attached hydrogens (tertiary/aromatic N) is 2. The fraction of sp³-hybridized carbons (Fsp3) is 0.350. The van der Waals surface area contributed by atoms with Crippen molar-refractivity contribution in [2.45, 2.75) is 19.4 Å². The van der Waals surface area contributed by atoms with E-state index in [9.17, 15) is 9.59 Å². The van der Waals surface area contributed by atoms with E-state index >= 15 is 0 Å². The minimum atomic E-state index is -0.178. The van der Waals surface area contributed by atoms with E-state index in [4.69, 9.17) is 0 Å². The van der Waals surface area contributed by atoms with Gasteiger partial charge in [0.1, 0.15) is 5.69 Å². The van der Waals surface area contributed by atoms with Gasteiger partial charge in [-0.25, -0.2) is 4.98 Å². The van der Waals surface area contributed by atoms with Gasteiger partial charge in [0.05, 0.1) is 11.3 Å². The molecule has 1 atom stereocenters. The number of pyridine rings is 1. The minimum Gasteiger partial charge on any atom is -0.350 e. The summed E-state index contributed by atoms with van der Waals surface area (Å²) in [5, 5.41) is 6.44. The van der Waals surface area contributed by atoms with Crippen LogP contribution in [0.15, 0.2) is 36.4 Å². The summed E-state index contributed by atoms with van der Waals surface area (Å²) in [5.41, 5.74) is 3.94. The number of nitrogens with one attached hydrogen (secondary N) is 2. The number of carbonyl (C=O) groups excluding carboxylic acids is 2. The van der Waals surface area contributed by atoms with Gasteiger partial charge in [-0.05, 0) is 43.1 Å². The van der Waals surface area contributed by atoms with Gasteiger partial charge in [0.15, 0.2) is 0 Å². The van der Waals surface area contributed by atoms with Crippen LogP contribution < -0.4 is 10.6 Å². The van der Waals surface area contributed by atoms with E-state index in [0.29, 0.717) is 23.5 Å². The number of rotatable bonds is 4. The second kappa shape index (κ2) is 7.66. The Bertz CT molecular complexity index is 832. The summed E-state index contributed by atoms with van der Waals surface area (Å²) in [6.07, 6.45) is 1.00. The molecule has 0 aliphatic carbocycles. The zero-order chi connectivity index (χ0) is 18.7. The van der Waals surface area contributed by atoms with Crippen LogP contribution >= 0.6 is 0 Å². The number of aryl methyl sites for hydroxylation is 1. The van der Waals surface area contributed by atoms with Crippen molar-refractivity contribution >= 4 is 11.8 Å². The molecule has 2 amide bonds. The highest BCUT2D eigenvalue weighted by Crippen LogP contribution is 2.22. The van der Waals surface area contributed by atoms with Crippen molar-refractivity contribution in [3.63, 3.8) is 0 Å². The van der Waals surface area contributed by atoms with Gasteiger partial charge in [-0.2, -0.15) is 0 Å². The third-order valence-corrected chi connectivity index (χ3v) is 4.64. The molecule has 6 heteroatoms. The average Bonchev–Trinajstić information content (AvgIpc) is 2.65. The van der Waals surface area contributed by atoms with E-state index in [1.807, 2.05) is 12.1 Å². The van der Waals surface area contributed by atoms with Gasteiger partial charge >= 0.3 is 0 Å². The van der Waals surface area contributed by atoms with Crippen LogP contribution in [0, 0.1) is 6.92 Å². The smallest absolute Gasteiger partial charge is 0.271 e. The SMILES string of the molecule is Cc1nc(C(=O)N(C)C)ccc1C(=O)NCC1NCCc2ccccc21. The highest BCUT2D eigenvalue weighted by Gasteiger charge is 2.21. The van der Waals surface area contributed by atoms with Crippen molar-refractivity contribution in [3.05, 3.63) is 64.5 Å². The normalized spacial score (nSPS) is 15.9. The van der Waals surface area contributed by atoms with Crippen LogP contribution in [0.3, 0.4) is 0 Å². The number of carbonyl (C=O) groups is 2. The van der Waals surface area contributed by atoms with Gasteiger partial charge in [-0.15, -0.1) is 0 Å². The molecule has 6 nitrogen and oxygen atoms in total. The Morgan fingerprint density at radius 1 is 1.23 bits per heavy atom. The van der Waals surface area contributed by atoms with Crippen molar-refractivity contribution < 1.29 is 9.59 Å². The molecule has 0 fully saturated rings. The first-order valence-electron chi connectivity index (χ1n) is 8.76. The fourth-order valence-electron chi connectivity index (χ4n) is 3.21. The molecule has 2 aromatic rings. The van der Waals surface area contributed by atoms with E-state index in [1.165, 1.54) is 16.0 Å².